The standard InChI is InChI=1S/C16H13BrN2O/c17-15-5-3-4-12-10-13(6-7-14(12)15)18-16(20)11-19-8-1-2-9-19/h1-10H,11H2,(H,18,20). The summed E-state index contributed by atoms with van der Waals surface area (Å²) >= 11 is 3.52. The number of amides is 1. The van der Waals surface area contributed by atoms with E-state index >= 15 is 0 Å². The summed E-state index contributed by atoms with van der Waals surface area (Å²) in [6, 6.07) is 15.7. The van der Waals surface area contributed by atoms with Gasteiger partial charge in [0.15, 0.2) is 0 Å². The van der Waals surface area contributed by atoms with Crippen LogP contribution in [0.25, 0.3) is 10.8 Å². The quantitative estimate of drug-likeness (QED) is 0.773. The van der Waals surface area contributed by atoms with Crippen molar-refractivity contribution in [1.82, 2.24) is 4.57 Å². The summed E-state index contributed by atoms with van der Waals surface area (Å²) in [6.45, 7) is 0.323. The van der Waals surface area contributed by atoms with Crippen LogP contribution in [0.4, 0.5) is 5.69 Å². The molecular weight excluding hydrogens is 316 g/mol. The van der Waals surface area contributed by atoms with Gasteiger partial charge in [-0.2, -0.15) is 0 Å². The predicted molar refractivity (Wildman–Crippen MR) is 84.7 cm³/mol. The monoisotopic (exact) mass is 328 g/mol. The van der Waals surface area contributed by atoms with E-state index in [2.05, 4.69) is 21.2 Å². The van der Waals surface area contributed by atoms with Gasteiger partial charge in [0.2, 0.25) is 5.91 Å². The Morgan fingerprint density at radius 2 is 1.90 bits per heavy atom. The first-order valence-electron chi connectivity index (χ1n) is 6.31. The molecule has 3 rings (SSSR count). The van der Waals surface area contributed by atoms with Crippen molar-refractivity contribution in [3.63, 3.8) is 0 Å². The first kappa shape index (κ1) is 12.9. The molecule has 3 nitrogen and oxygen atoms in total. The first-order chi connectivity index (χ1) is 9.72. The molecule has 0 atom stereocenters. The van der Waals surface area contributed by atoms with E-state index in [1.54, 1.807) is 0 Å². The molecule has 0 saturated heterocycles. The zero-order chi connectivity index (χ0) is 13.9. The van der Waals surface area contributed by atoms with E-state index in [-0.39, 0.29) is 5.91 Å². The summed E-state index contributed by atoms with van der Waals surface area (Å²) in [5.74, 6) is -0.0319. The average molecular weight is 329 g/mol. The summed E-state index contributed by atoms with van der Waals surface area (Å²) in [7, 11) is 0. The SMILES string of the molecule is O=C(Cn1cccc1)Nc1ccc2c(Br)cccc2c1. The fourth-order valence-electron chi connectivity index (χ4n) is 2.16. The molecular formula is C16H13BrN2O. The second kappa shape index (κ2) is 5.51. The maximum atomic E-state index is 11.9. The minimum absolute atomic E-state index is 0.0319. The van der Waals surface area contributed by atoms with Crippen LogP contribution in [0.15, 0.2) is 65.4 Å². The van der Waals surface area contributed by atoms with Crippen molar-refractivity contribution in [2.75, 3.05) is 5.32 Å². The predicted octanol–water partition coefficient (Wildman–Crippen LogP) is 4.04. The molecule has 3 aromatic rings. The smallest absolute Gasteiger partial charge is 0.244 e. The first-order valence-corrected chi connectivity index (χ1v) is 7.10. The summed E-state index contributed by atoms with van der Waals surface area (Å²) in [4.78, 5) is 11.9. The molecule has 0 bridgehead atoms. The van der Waals surface area contributed by atoms with Gasteiger partial charge in [0.05, 0.1) is 0 Å². The normalized spacial score (nSPS) is 10.7. The number of nitrogens with one attached hydrogen (secondary N) is 1. The van der Waals surface area contributed by atoms with Crippen LogP contribution in [0.3, 0.4) is 0 Å². The van der Waals surface area contributed by atoms with E-state index in [0.717, 1.165) is 20.9 Å². The fourth-order valence-corrected chi connectivity index (χ4v) is 2.68. The lowest BCUT2D eigenvalue weighted by Gasteiger charge is -2.08. The summed E-state index contributed by atoms with van der Waals surface area (Å²) in [5, 5.41) is 5.15. The summed E-state index contributed by atoms with van der Waals surface area (Å²) < 4.78 is 2.90. The number of carbonyl (C=O) groups is 1. The third kappa shape index (κ3) is 2.75. The lowest BCUT2D eigenvalue weighted by molar-refractivity contribution is -0.116. The molecule has 2 aromatic carbocycles. The molecule has 20 heavy (non-hydrogen) atoms. The Labute approximate surface area is 125 Å². The highest BCUT2D eigenvalue weighted by Crippen LogP contribution is 2.26. The molecule has 0 saturated carbocycles. The number of rotatable bonds is 3. The van der Waals surface area contributed by atoms with Gasteiger partial charge < -0.3 is 9.88 Å². The molecule has 0 aliphatic heterocycles. The molecule has 0 fully saturated rings. The molecule has 1 aromatic heterocycles. The molecule has 100 valence electrons. The average Bonchev–Trinajstić information content (AvgIpc) is 2.91. The van der Waals surface area contributed by atoms with Gasteiger partial charge in [0.1, 0.15) is 6.54 Å². The number of halogens is 1. The van der Waals surface area contributed by atoms with Crippen LogP contribution in [0.1, 0.15) is 0 Å². The van der Waals surface area contributed by atoms with Crippen LogP contribution in [0.2, 0.25) is 0 Å². The molecule has 1 amide bonds. The Balaban J connectivity index is 1.79. The molecule has 1 N–H and O–H groups in total. The van der Waals surface area contributed by atoms with Gasteiger partial charge in [-0.15, -0.1) is 0 Å². The van der Waals surface area contributed by atoms with Crippen molar-refractivity contribution in [2.45, 2.75) is 6.54 Å². The minimum Gasteiger partial charge on any atom is -0.345 e. The molecule has 0 aliphatic carbocycles. The van der Waals surface area contributed by atoms with Crippen molar-refractivity contribution in [1.29, 1.82) is 0 Å². The largest absolute Gasteiger partial charge is 0.345 e. The Morgan fingerprint density at radius 3 is 2.70 bits per heavy atom. The van der Waals surface area contributed by atoms with Gasteiger partial charge in [-0.25, -0.2) is 0 Å². The Kier molecular flexibility index (Phi) is 3.56. The highest BCUT2D eigenvalue weighted by atomic mass is 79.9. The van der Waals surface area contributed by atoms with Gasteiger partial charge >= 0.3 is 0 Å². The molecule has 0 radical (unpaired) electrons. The van der Waals surface area contributed by atoms with Gasteiger partial charge in [-0.05, 0) is 41.1 Å². The molecule has 0 unspecified atom stereocenters. The second-order valence-electron chi connectivity index (χ2n) is 4.58. The van der Waals surface area contributed by atoms with Gasteiger partial charge in [-0.3, -0.25) is 4.79 Å². The maximum absolute atomic E-state index is 11.9. The number of hydrogen-bond acceptors (Lipinski definition) is 1. The van der Waals surface area contributed by atoms with E-state index in [4.69, 9.17) is 0 Å². The van der Waals surface area contributed by atoms with E-state index < -0.39 is 0 Å². The Bertz CT molecular complexity index is 750. The van der Waals surface area contributed by atoms with Gasteiger partial charge in [-0.1, -0.05) is 34.1 Å². The number of aromatic nitrogens is 1. The van der Waals surface area contributed by atoms with E-state index in [1.165, 1.54) is 0 Å². The molecule has 4 heteroatoms. The number of anilines is 1. The van der Waals surface area contributed by atoms with E-state index in [1.807, 2.05) is 65.5 Å². The summed E-state index contributed by atoms with van der Waals surface area (Å²) in [6.07, 6.45) is 3.74. The topological polar surface area (TPSA) is 34.0 Å². The van der Waals surface area contributed by atoms with Crippen molar-refractivity contribution < 1.29 is 4.79 Å². The summed E-state index contributed by atoms with van der Waals surface area (Å²) in [5.41, 5.74) is 0.813. The lowest BCUT2D eigenvalue weighted by Crippen LogP contribution is -2.17. The zero-order valence-electron chi connectivity index (χ0n) is 10.7. The fraction of sp³-hybridized carbons (Fsp3) is 0.0625. The molecule has 0 aliphatic rings. The molecule has 1 heterocycles. The Hall–Kier alpha value is -2.07. The number of benzene rings is 2. The van der Waals surface area contributed by atoms with Crippen LogP contribution in [0, 0.1) is 0 Å². The number of nitrogens with zero attached hydrogens (tertiary/aromatic N) is 1. The number of hydrogen-bond donors (Lipinski definition) is 1. The maximum Gasteiger partial charge on any atom is 0.244 e. The van der Waals surface area contributed by atoms with Crippen LogP contribution in [0.5, 0.6) is 0 Å². The van der Waals surface area contributed by atoms with Crippen molar-refractivity contribution >= 4 is 38.3 Å². The van der Waals surface area contributed by atoms with Gasteiger partial charge in [0.25, 0.3) is 0 Å². The number of fused-ring (bicyclic) bond motifs is 1. The third-order valence-corrected chi connectivity index (χ3v) is 3.79. The van der Waals surface area contributed by atoms with E-state index in [9.17, 15) is 4.79 Å². The van der Waals surface area contributed by atoms with Crippen molar-refractivity contribution in [3.8, 4) is 0 Å². The van der Waals surface area contributed by atoms with Crippen LogP contribution in [-0.2, 0) is 11.3 Å². The van der Waals surface area contributed by atoms with E-state index in [0.29, 0.717) is 6.54 Å². The lowest BCUT2D eigenvalue weighted by atomic mass is 10.1. The Morgan fingerprint density at radius 1 is 1.10 bits per heavy atom. The highest BCUT2D eigenvalue weighted by molar-refractivity contribution is 9.10. The van der Waals surface area contributed by atoms with Crippen LogP contribution < -0.4 is 5.32 Å². The third-order valence-electron chi connectivity index (χ3n) is 3.10. The van der Waals surface area contributed by atoms with Crippen LogP contribution in [-0.4, -0.2) is 10.5 Å². The second-order valence-corrected chi connectivity index (χ2v) is 5.43. The minimum atomic E-state index is -0.0319. The van der Waals surface area contributed by atoms with Crippen molar-refractivity contribution in [2.24, 2.45) is 0 Å². The molecule has 0 spiro atoms. The number of carbonyl (C=O) groups excluding carboxylic acids is 1. The van der Waals surface area contributed by atoms with Crippen LogP contribution >= 0.6 is 15.9 Å². The van der Waals surface area contributed by atoms with Gasteiger partial charge in [0, 0.05) is 22.6 Å². The van der Waals surface area contributed by atoms with Crippen molar-refractivity contribution in [3.05, 3.63) is 65.4 Å². The highest BCUT2D eigenvalue weighted by Gasteiger charge is 2.04. The zero-order valence-corrected chi connectivity index (χ0v) is 12.3.